The highest BCUT2D eigenvalue weighted by Gasteiger charge is 2.26. The lowest BCUT2D eigenvalue weighted by Gasteiger charge is -2.33. The Kier molecular flexibility index (Phi) is 4.85. The van der Waals surface area contributed by atoms with Crippen LogP contribution in [-0.4, -0.2) is 64.8 Å². The highest BCUT2D eigenvalue weighted by Crippen LogP contribution is 2.19. The molecule has 0 bridgehead atoms. The van der Waals surface area contributed by atoms with E-state index in [1.807, 2.05) is 48.4 Å². The number of carbonyl (C=O) groups is 1. The summed E-state index contributed by atoms with van der Waals surface area (Å²) in [5.74, 6) is 0.533. The largest absolute Gasteiger partial charge is 0.463 e. The van der Waals surface area contributed by atoms with Gasteiger partial charge in [0.1, 0.15) is 0 Å². The minimum atomic E-state index is -0.536. The zero-order valence-corrected chi connectivity index (χ0v) is 14.5. The molecule has 0 unspecified atom stereocenters. The van der Waals surface area contributed by atoms with E-state index in [0.717, 1.165) is 37.4 Å². The van der Waals surface area contributed by atoms with Crippen molar-refractivity contribution in [2.75, 3.05) is 33.2 Å². The topological polar surface area (TPSA) is 50.6 Å². The summed E-state index contributed by atoms with van der Waals surface area (Å²) in [6, 6.07) is 9.86. The molecule has 6 heteroatoms. The zero-order chi connectivity index (χ0) is 17.1. The van der Waals surface area contributed by atoms with Crippen LogP contribution in [0, 0.1) is 6.92 Å². The fourth-order valence-electron chi connectivity index (χ4n) is 2.78. The Bertz CT molecular complexity index is 690. The molecule has 2 aromatic rings. The maximum Gasteiger partial charge on any atom is 0.263 e. The lowest BCUT2D eigenvalue weighted by molar-refractivity contribution is -0.139. The number of rotatable bonds is 4. The van der Waals surface area contributed by atoms with Crippen LogP contribution < -0.4 is 4.74 Å². The van der Waals surface area contributed by atoms with Crippen molar-refractivity contribution in [1.29, 1.82) is 0 Å². The second-order valence-corrected chi connectivity index (χ2v) is 6.29. The number of para-hydroxylation sites is 1. The number of piperazine rings is 1. The quantitative estimate of drug-likeness (QED) is 0.857. The molecule has 0 N–H and O–H groups in total. The fraction of sp³-hybridized carbons (Fsp3) is 0.444. The molecule has 6 nitrogen and oxygen atoms in total. The molecule has 0 saturated carbocycles. The standard InChI is InChI=1S/C18H24N4O2/c1-14-13-22(16-7-5-4-6-8-16)19-17(14)24-15(2)18(23)21-11-9-20(3)10-12-21/h4-8,13,15H,9-12H2,1-3H3/t15-/m0/s1. The van der Waals surface area contributed by atoms with Crippen LogP contribution in [0.1, 0.15) is 12.5 Å². The van der Waals surface area contributed by atoms with Crippen molar-refractivity contribution in [3.63, 3.8) is 0 Å². The average Bonchev–Trinajstić information content (AvgIpc) is 2.96. The summed E-state index contributed by atoms with van der Waals surface area (Å²) in [7, 11) is 2.07. The Morgan fingerprint density at radius 2 is 1.83 bits per heavy atom. The number of nitrogens with zero attached hydrogens (tertiary/aromatic N) is 4. The molecule has 128 valence electrons. The number of amides is 1. The van der Waals surface area contributed by atoms with Crippen LogP contribution in [0.4, 0.5) is 0 Å². The number of carbonyl (C=O) groups excluding carboxylic acids is 1. The summed E-state index contributed by atoms with van der Waals surface area (Å²) in [4.78, 5) is 16.6. The number of aryl methyl sites for hydroxylation is 1. The molecule has 24 heavy (non-hydrogen) atoms. The molecule has 1 aromatic heterocycles. The van der Waals surface area contributed by atoms with Gasteiger partial charge in [-0.3, -0.25) is 4.79 Å². The first-order chi connectivity index (χ1) is 11.5. The SMILES string of the molecule is Cc1cn(-c2ccccc2)nc1O[C@@H](C)C(=O)N1CCN(C)CC1. The first kappa shape index (κ1) is 16.5. The molecule has 1 fully saturated rings. The summed E-state index contributed by atoms with van der Waals surface area (Å²) in [6.45, 7) is 7.04. The molecule has 1 saturated heterocycles. The first-order valence-corrected chi connectivity index (χ1v) is 8.30. The van der Waals surface area contributed by atoms with Gasteiger partial charge in [-0.15, -0.1) is 5.10 Å². The monoisotopic (exact) mass is 328 g/mol. The molecule has 1 amide bonds. The van der Waals surface area contributed by atoms with Gasteiger partial charge in [-0.1, -0.05) is 18.2 Å². The number of likely N-dealkylation sites (N-methyl/N-ethyl adjacent to an activating group) is 1. The van der Waals surface area contributed by atoms with E-state index in [4.69, 9.17) is 4.74 Å². The van der Waals surface area contributed by atoms with E-state index in [1.54, 1.807) is 11.6 Å². The van der Waals surface area contributed by atoms with Crippen molar-refractivity contribution >= 4 is 5.91 Å². The predicted molar refractivity (Wildman–Crippen MR) is 92.5 cm³/mol. The number of benzene rings is 1. The third kappa shape index (κ3) is 3.59. The molecule has 1 aromatic carbocycles. The van der Waals surface area contributed by atoms with E-state index in [0.29, 0.717) is 5.88 Å². The van der Waals surface area contributed by atoms with Gasteiger partial charge >= 0.3 is 0 Å². The summed E-state index contributed by atoms with van der Waals surface area (Å²) in [6.07, 6.45) is 1.38. The van der Waals surface area contributed by atoms with Gasteiger partial charge in [0, 0.05) is 37.9 Å². The molecular formula is C18H24N4O2. The minimum Gasteiger partial charge on any atom is -0.463 e. The highest BCUT2D eigenvalue weighted by atomic mass is 16.5. The Morgan fingerprint density at radius 3 is 2.50 bits per heavy atom. The van der Waals surface area contributed by atoms with Crippen molar-refractivity contribution in [3.05, 3.63) is 42.1 Å². The summed E-state index contributed by atoms with van der Waals surface area (Å²) >= 11 is 0. The van der Waals surface area contributed by atoms with E-state index in [9.17, 15) is 4.79 Å². The van der Waals surface area contributed by atoms with E-state index in [-0.39, 0.29) is 5.91 Å². The predicted octanol–water partition coefficient (Wildman–Crippen LogP) is 1.72. The van der Waals surface area contributed by atoms with Gasteiger partial charge in [0.15, 0.2) is 6.10 Å². The van der Waals surface area contributed by atoms with Crippen LogP contribution in [0.25, 0.3) is 5.69 Å². The van der Waals surface area contributed by atoms with Gasteiger partial charge in [-0.2, -0.15) is 0 Å². The van der Waals surface area contributed by atoms with Crippen LogP contribution in [-0.2, 0) is 4.79 Å². The van der Waals surface area contributed by atoms with Gasteiger partial charge in [-0.05, 0) is 33.0 Å². The van der Waals surface area contributed by atoms with Gasteiger partial charge in [0.25, 0.3) is 5.91 Å². The third-order valence-corrected chi connectivity index (χ3v) is 4.32. The van der Waals surface area contributed by atoms with Gasteiger partial charge in [0.05, 0.1) is 5.69 Å². The van der Waals surface area contributed by atoms with Crippen molar-refractivity contribution in [3.8, 4) is 11.6 Å². The summed E-state index contributed by atoms with van der Waals surface area (Å²) in [5, 5.41) is 4.48. The molecule has 3 rings (SSSR count). The van der Waals surface area contributed by atoms with Crippen molar-refractivity contribution in [1.82, 2.24) is 19.6 Å². The van der Waals surface area contributed by atoms with Crippen molar-refractivity contribution < 1.29 is 9.53 Å². The Balaban J connectivity index is 1.67. The lowest BCUT2D eigenvalue weighted by Crippen LogP contribution is -2.50. The molecule has 1 aliphatic heterocycles. The number of aromatic nitrogens is 2. The van der Waals surface area contributed by atoms with E-state index in [2.05, 4.69) is 17.0 Å². The molecule has 1 atom stereocenters. The zero-order valence-electron chi connectivity index (χ0n) is 14.5. The lowest BCUT2D eigenvalue weighted by atomic mass is 10.2. The highest BCUT2D eigenvalue weighted by molar-refractivity contribution is 5.81. The fourth-order valence-corrected chi connectivity index (χ4v) is 2.78. The first-order valence-electron chi connectivity index (χ1n) is 8.30. The van der Waals surface area contributed by atoms with Crippen molar-refractivity contribution in [2.45, 2.75) is 20.0 Å². The normalized spacial score (nSPS) is 16.9. The maximum absolute atomic E-state index is 12.5. The van der Waals surface area contributed by atoms with Crippen LogP contribution in [0.3, 0.4) is 0 Å². The molecule has 0 aliphatic carbocycles. The number of ether oxygens (including phenoxy) is 1. The van der Waals surface area contributed by atoms with Gasteiger partial charge in [-0.25, -0.2) is 4.68 Å². The second-order valence-electron chi connectivity index (χ2n) is 6.29. The van der Waals surface area contributed by atoms with Crippen LogP contribution in [0.15, 0.2) is 36.5 Å². The van der Waals surface area contributed by atoms with Crippen LogP contribution in [0.5, 0.6) is 5.88 Å². The summed E-state index contributed by atoms with van der Waals surface area (Å²) in [5.41, 5.74) is 1.88. The van der Waals surface area contributed by atoms with E-state index >= 15 is 0 Å². The van der Waals surface area contributed by atoms with Crippen molar-refractivity contribution in [2.24, 2.45) is 0 Å². The molecule has 1 aliphatic rings. The van der Waals surface area contributed by atoms with Gasteiger partial charge in [0.2, 0.25) is 5.88 Å². The molecule has 0 radical (unpaired) electrons. The van der Waals surface area contributed by atoms with Crippen LogP contribution >= 0.6 is 0 Å². The molecule has 2 heterocycles. The number of hydrogen-bond donors (Lipinski definition) is 0. The average molecular weight is 328 g/mol. The van der Waals surface area contributed by atoms with Gasteiger partial charge < -0.3 is 14.5 Å². The Morgan fingerprint density at radius 1 is 1.17 bits per heavy atom. The smallest absolute Gasteiger partial charge is 0.263 e. The Hall–Kier alpha value is -2.34. The number of hydrogen-bond acceptors (Lipinski definition) is 4. The molecule has 0 spiro atoms. The Labute approximate surface area is 142 Å². The van der Waals surface area contributed by atoms with E-state index < -0.39 is 6.10 Å². The second kappa shape index (κ2) is 7.05. The van der Waals surface area contributed by atoms with Crippen LogP contribution in [0.2, 0.25) is 0 Å². The third-order valence-electron chi connectivity index (χ3n) is 4.32. The maximum atomic E-state index is 12.5. The minimum absolute atomic E-state index is 0.0248. The molecular weight excluding hydrogens is 304 g/mol. The summed E-state index contributed by atoms with van der Waals surface area (Å²) < 4.78 is 7.63. The van der Waals surface area contributed by atoms with E-state index in [1.165, 1.54) is 0 Å².